The number of sulfonamides is 1. The second kappa shape index (κ2) is 6.05. The zero-order valence-electron chi connectivity index (χ0n) is 12.2. The van der Waals surface area contributed by atoms with Gasteiger partial charge in [0.25, 0.3) is 10.0 Å². The van der Waals surface area contributed by atoms with E-state index in [1.807, 2.05) is 13.8 Å². The summed E-state index contributed by atoms with van der Waals surface area (Å²) in [4.78, 5) is 5.38. The molecular weight excluding hydrogens is 420 g/mol. The van der Waals surface area contributed by atoms with E-state index in [2.05, 4.69) is 25.6 Å². The van der Waals surface area contributed by atoms with E-state index in [9.17, 15) is 8.42 Å². The summed E-state index contributed by atoms with van der Waals surface area (Å²) in [6.07, 6.45) is 0. The standard InChI is InChI=1S/C15H12BrClN2O2S2/c1-8-6-12(13-9(2)14(16)22-15(13)18-8)19-23(20,21)11-5-3-4-10(17)7-11/h3-7H,1-2H3,(H,18,19). The molecule has 0 saturated heterocycles. The smallest absolute Gasteiger partial charge is 0.261 e. The fraction of sp³-hybridized carbons (Fsp3) is 0.133. The van der Waals surface area contributed by atoms with Crippen LogP contribution in [0.5, 0.6) is 0 Å². The van der Waals surface area contributed by atoms with Gasteiger partial charge in [0.2, 0.25) is 0 Å². The van der Waals surface area contributed by atoms with Gasteiger partial charge in [0, 0.05) is 16.1 Å². The molecule has 0 aliphatic carbocycles. The molecule has 120 valence electrons. The zero-order valence-corrected chi connectivity index (χ0v) is 16.2. The van der Waals surface area contributed by atoms with Crippen molar-refractivity contribution in [3.63, 3.8) is 0 Å². The van der Waals surface area contributed by atoms with Crippen LogP contribution in [0, 0.1) is 13.8 Å². The van der Waals surface area contributed by atoms with Gasteiger partial charge in [0.15, 0.2) is 0 Å². The minimum absolute atomic E-state index is 0.125. The lowest BCUT2D eigenvalue weighted by atomic mass is 10.2. The first kappa shape index (κ1) is 16.7. The second-order valence-corrected chi connectivity index (χ2v) is 9.49. The summed E-state index contributed by atoms with van der Waals surface area (Å²) in [6, 6.07) is 7.91. The molecule has 0 aliphatic rings. The predicted molar refractivity (Wildman–Crippen MR) is 99.1 cm³/mol. The van der Waals surface area contributed by atoms with Crippen molar-refractivity contribution in [3.05, 3.63) is 50.4 Å². The van der Waals surface area contributed by atoms with Crippen molar-refractivity contribution in [2.75, 3.05) is 4.72 Å². The van der Waals surface area contributed by atoms with Gasteiger partial charge in [-0.3, -0.25) is 4.72 Å². The van der Waals surface area contributed by atoms with E-state index in [0.29, 0.717) is 10.7 Å². The molecule has 3 rings (SSSR count). The van der Waals surface area contributed by atoms with E-state index in [-0.39, 0.29) is 4.90 Å². The van der Waals surface area contributed by atoms with Gasteiger partial charge in [-0.05, 0) is 59.6 Å². The van der Waals surface area contributed by atoms with Gasteiger partial charge in [-0.25, -0.2) is 13.4 Å². The van der Waals surface area contributed by atoms with E-state index in [1.165, 1.54) is 23.5 Å². The largest absolute Gasteiger partial charge is 0.279 e. The maximum absolute atomic E-state index is 12.6. The average molecular weight is 432 g/mol. The number of halogens is 2. The topological polar surface area (TPSA) is 59.1 Å². The molecule has 8 heteroatoms. The van der Waals surface area contributed by atoms with E-state index in [4.69, 9.17) is 11.6 Å². The molecule has 0 fully saturated rings. The highest BCUT2D eigenvalue weighted by Crippen LogP contribution is 2.38. The average Bonchev–Trinajstić information content (AvgIpc) is 2.73. The molecular formula is C15H12BrClN2O2S2. The SMILES string of the molecule is Cc1cc(NS(=O)(=O)c2cccc(Cl)c2)c2c(C)c(Br)sc2n1. The second-order valence-electron chi connectivity index (χ2n) is 5.05. The van der Waals surface area contributed by atoms with Crippen LogP contribution in [-0.4, -0.2) is 13.4 Å². The molecule has 0 spiro atoms. The number of rotatable bonds is 3. The molecule has 4 nitrogen and oxygen atoms in total. The molecule has 0 radical (unpaired) electrons. The Kier molecular flexibility index (Phi) is 4.39. The van der Waals surface area contributed by atoms with Crippen LogP contribution in [0.3, 0.4) is 0 Å². The molecule has 1 N–H and O–H groups in total. The van der Waals surface area contributed by atoms with E-state index in [1.54, 1.807) is 18.2 Å². The van der Waals surface area contributed by atoms with Crippen LogP contribution in [0.25, 0.3) is 10.2 Å². The van der Waals surface area contributed by atoms with Crippen LogP contribution in [0.15, 0.2) is 39.0 Å². The van der Waals surface area contributed by atoms with Crippen molar-refractivity contribution in [1.82, 2.24) is 4.98 Å². The first-order chi connectivity index (χ1) is 10.8. The van der Waals surface area contributed by atoms with Crippen molar-refractivity contribution in [3.8, 4) is 0 Å². The number of pyridine rings is 1. The van der Waals surface area contributed by atoms with Gasteiger partial charge in [-0.15, -0.1) is 11.3 Å². The normalized spacial score (nSPS) is 11.8. The van der Waals surface area contributed by atoms with E-state index in [0.717, 1.165) is 25.3 Å². The summed E-state index contributed by atoms with van der Waals surface area (Å²) in [5.41, 5.74) is 2.23. The molecule has 1 aromatic carbocycles. The van der Waals surface area contributed by atoms with E-state index < -0.39 is 10.0 Å². The fourth-order valence-corrected chi connectivity index (χ4v) is 5.26. The summed E-state index contributed by atoms with van der Waals surface area (Å²) < 4.78 is 28.9. The van der Waals surface area contributed by atoms with Gasteiger partial charge in [-0.2, -0.15) is 0 Å². The third-order valence-corrected chi connectivity index (χ3v) is 6.97. The van der Waals surface area contributed by atoms with Crippen LogP contribution in [-0.2, 0) is 10.0 Å². The summed E-state index contributed by atoms with van der Waals surface area (Å²) in [7, 11) is -3.72. The van der Waals surface area contributed by atoms with Crippen LogP contribution in [0.2, 0.25) is 5.02 Å². The van der Waals surface area contributed by atoms with Crippen molar-refractivity contribution in [2.45, 2.75) is 18.7 Å². The van der Waals surface area contributed by atoms with Crippen molar-refractivity contribution < 1.29 is 8.42 Å². The Labute approximate surface area is 151 Å². The predicted octanol–water partition coefficient (Wildman–Crippen LogP) is 5.13. The molecule has 0 bridgehead atoms. The lowest BCUT2D eigenvalue weighted by Crippen LogP contribution is -2.13. The molecule has 2 aromatic heterocycles. The summed E-state index contributed by atoms with van der Waals surface area (Å²) in [5.74, 6) is 0. The minimum atomic E-state index is -3.72. The summed E-state index contributed by atoms with van der Waals surface area (Å²) in [6.45, 7) is 3.76. The number of nitrogens with one attached hydrogen (secondary N) is 1. The molecule has 3 aromatic rings. The number of nitrogens with zero attached hydrogens (tertiary/aromatic N) is 1. The molecule has 0 saturated carbocycles. The van der Waals surface area contributed by atoms with Gasteiger partial charge in [0.05, 0.1) is 14.4 Å². The molecule has 2 heterocycles. The molecule has 0 aliphatic heterocycles. The number of hydrogen-bond acceptors (Lipinski definition) is 4. The van der Waals surface area contributed by atoms with Crippen molar-refractivity contribution >= 4 is 64.8 Å². The van der Waals surface area contributed by atoms with Crippen LogP contribution < -0.4 is 4.72 Å². The number of anilines is 1. The number of benzene rings is 1. The molecule has 0 atom stereocenters. The maximum atomic E-state index is 12.6. The van der Waals surface area contributed by atoms with Gasteiger partial charge in [0.1, 0.15) is 4.83 Å². The monoisotopic (exact) mass is 430 g/mol. The Morgan fingerprint density at radius 3 is 2.70 bits per heavy atom. The third kappa shape index (κ3) is 3.24. The number of thiophene rings is 1. The maximum Gasteiger partial charge on any atom is 0.261 e. The highest BCUT2D eigenvalue weighted by Gasteiger charge is 2.19. The Morgan fingerprint density at radius 1 is 1.26 bits per heavy atom. The Bertz CT molecular complexity index is 1020. The molecule has 0 amide bonds. The lowest BCUT2D eigenvalue weighted by Gasteiger charge is -2.11. The first-order valence-corrected chi connectivity index (χ1v) is 10.1. The molecule has 0 unspecified atom stereocenters. The van der Waals surface area contributed by atoms with Crippen LogP contribution in [0.1, 0.15) is 11.3 Å². The van der Waals surface area contributed by atoms with Crippen molar-refractivity contribution in [1.29, 1.82) is 0 Å². The highest BCUT2D eigenvalue weighted by atomic mass is 79.9. The number of fused-ring (bicyclic) bond motifs is 1. The van der Waals surface area contributed by atoms with Crippen LogP contribution in [0.4, 0.5) is 5.69 Å². The number of aryl methyl sites for hydroxylation is 2. The Hall–Kier alpha value is -1.15. The quantitative estimate of drug-likeness (QED) is 0.625. The summed E-state index contributed by atoms with van der Waals surface area (Å²) in [5, 5.41) is 1.18. The van der Waals surface area contributed by atoms with Crippen molar-refractivity contribution in [2.24, 2.45) is 0 Å². The van der Waals surface area contributed by atoms with Gasteiger partial charge < -0.3 is 0 Å². The molecule has 23 heavy (non-hydrogen) atoms. The third-order valence-electron chi connectivity index (χ3n) is 3.32. The fourth-order valence-electron chi connectivity index (χ4n) is 2.26. The Morgan fingerprint density at radius 2 is 2.00 bits per heavy atom. The number of aromatic nitrogens is 1. The number of hydrogen-bond donors (Lipinski definition) is 1. The zero-order chi connectivity index (χ0) is 16.8. The Balaban J connectivity index is 2.14. The first-order valence-electron chi connectivity index (χ1n) is 6.62. The summed E-state index contributed by atoms with van der Waals surface area (Å²) >= 11 is 10.9. The van der Waals surface area contributed by atoms with Crippen LogP contribution >= 0.6 is 38.9 Å². The minimum Gasteiger partial charge on any atom is -0.279 e. The lowest BCUT2D eigenvalue weighted by molar-refractivity contribution is 0.601. The van der Waals surface area contributed by atoms with Gasteiger partial charge >= 0.3 is 0 Å². The van der Waals surface area contributed by atoms with E-state index >= 15 is 0 Å². The van der Waals surface area contributed by atoms with Gasteiger partial charge in [-0.1, -0.05) is 17.7 Å². The highest BCUT2D eigenvalue weighted by molar-refractivity contribution is 9.11.